The van der Waals surface area contributed by atoms with E-state index in [0.717, 1.165) is 36.9 Å². The van der Waals surface area contributed by atoms with E-state index in [1.165, 1.54) is 16.7 Å². The van der Waals surface area contributed by atoms with Crippen molar-refractivity contribution in [3.63, 3.8) is 0 Å². The second-order valence-corrected chi connectivity index (χ2v) is 17.7. The molecule has 1 heterocycles. The zero-order chi connectivity index (χ0) is 30.5. The quantitative estimate of drug-likeness (QED) is 0.204. The molecule has 0 unspecified atom stereocenters. The lowest BCUT2D eigenvalue weighted by molar-refractivity contribution is -0.131. The van der Waals surface area contributed by atoms with Crippen molar-refractivity contribution in [2.75, 3.05) is 13.1 Å². The molecule has 42 heavy (non-hydrogen) atoms. The van der Waals surface area contributed by atoms with Crippen molar-refractivity contribution < 1.29 is 19.8 Å². The van der Waals surface area contributed by atoms with E-state index < -0.39 is 8.32 Å². The number of nitrogens with one attached hydrogen (secondary N) is 1. The maximum absolute atomic E-state index is 13.1. The number of aromatic hydroxyl groups is 1. The summed E-state index contributed by atoms with van der Waals surface area (Å²) in [4.78, 5) is 26.1. The lowest BCUT2D eigenvalue weighted by Crippen LogP contribution is -2.41. The highest BCUT2D eigenvalue weighted by Crippen LogP contribution is 2.44. The van der Waals surface area contributed by atoms with E-state index >= 15 is 0 Å². The van der Waals surface area contributed by atoms with Gasteiger partial charge in [0.1, 0.15) is 5.75 Å². The van der Waals surface area contributed by atoms with Crippen LogP contribution in [0.4, 0.5) is 0 Å². The predicted molar refractivity (Wildman–Crippen MR) is 172 cm³/mol. The van der Waals surface area contributed by atoms with E-state index in [4.69, 9.17) is 0 Å². The van der Waals surface area contributed by atoms with Crippen molar-refractivity contribution in [1.29, 1.82) is 0 Å². The number of amides is 1. The van der Waals surface area contributed by atoms with Gasteiger partial charge in [-0.1, -0.05) is 68.4 Å². The number of carbonyl (C=O) groups is 1. The molecular formula is C35H48N2O4Si. The minimum Gasteiger partial charge on any atom is -0.508 e. The summed E-state index contributed by atoms with van der Waals surface area (Å²) in [6.45, 7) is 12.4. The molecule has 1 aliphatic heterocycles. The first-order valence-corrected chi connectivity index (χ1v) is 18.1. The van der Waals surface area contributed by atoms with E-state index in [0.29, 0.717) is 25.1 Å². The van der Waals surface area contributed by atoms with Gasteiger partial charge < -0.3 is 25.2 Å². The molecular weight excluding hydrogens is 540 g/mol. The number of aliphatic hydroxyl groups excluding tert-OH is 1. The van der Waals surface area contributed by atoms with Gasteiger partial charge in [-0.15, -0.1) is 0 Å². The smallest absolute Gasteiger partial charge is 0.227 e. The first-order chi connectivity index (χ1) is 19.9. The lowest BCUT2D eigenvalue weighted by Gasteiger charge is -2.38. The minimum atomic E-state index is -2.44. The molecule has 0 aromatic heterocycles. The Labute approximate surface area is 252 Å². The average Bonchev–Trinajstić information content (AvgIpc) is 2.95. The molecule has 0 radical (unpaired) electrons. The van der Waals surface area contributed by atoms with Gasteiger partial charge in [-0.05, 0) is 90.2 Å². The number of nitrogens with zero attached hydrogens (tertiary/aromatic N) is 1. The Hall–Kier alpha value is -2.97. The van der Waals surface area contributed by atoms with Crippen molar-refractivity contribution in [2.45, 2.75) is 89.7 Å². The van der Waals surface area contributed by atoms with Gasteiger partial charge >= 0.3 is 0 Å². The summed E-state index contributed by atoms with van der Waals surface area (Å²) in [5.74, 6) is 0.372. The maximum Gasteiger partial charge on any atom is 0.227 e. The van der Waals surface area contributed by atoms with E-state index in [-0.39, 0.29) is 35.3 Å². The molecule has 7 heteroatoms. The first-order valence-electron chi connectivity index (χ1n) is 15.2. The highest BCUT2D eigenvalue weighted by Gasteiger charge is 2.40. The Morgan fingerprint density at radius 1 is 1.02 bits per heavy atom. The second-order valence-electron chi connectivity index (χ2n) is 13.2. The van der Waals surface area contributed by atoms with Crippen molar-refractivity contribution in [2.24, 2.45) is 0 Å². The summed E-state index contributed by atoms with van der Waals surface area (Å²) in [5.41, 5.74) is 6.39. The van der Waals surface area contributed by atoms with Crippen LogP contribution in [-0.4, -0.2) is 53.3 Å². The number of rotatable bonds is 12. The topological polar surface area (TPSA) is 93.0 Å². The molecule has 2 atom stereocenters. The van der Waals surface area contributed by atoms with Crippen molar-refractivity contribution in [3.8, 4) is 5.75 Å². The molecule has 1 amide bonds. The zero-order valence-electron chi connectivity index (χ0n) is 25.9. The number of hydrogen-bond donors (Lipinski definition) is 4. The van der Waals surface area contributed by atoms with Crippen LogP contribution in [0.3, 0.4) is 0 Å². The maximum atomic E-state index is 13.1. The average molecular weight is 589 g/mol. The Kier molecular flexibility index (Phi) is 10.3. The Bertz CT molecular complexity index is 1370. The second kappa shape index (κ2) is 13.6. The summed E-state index contributed by atoms with van der Waals surface area (Å²) < 4.78 is 0. The number of benzene rings is 3. The number of phenols is 1. The van der Waals surface area contributed by atoms with Gasteiger partial charge in [0.15, 0.2) is 8.32 Å². The van der Waals surface area contributed by atoms with Crippen LogP contribution in [-0.2, 0) is 37.2 Å². The molecule has 0 fully saturated rings. The van der Waals surface area contributed by atoms with Gasteiger partial charge in [-0.25, -0.2) is 0 Å². The van der Waals surface area contributed by atoms with E-state index in [1.54, 1.807) is 6.07 Å². The molecule has 0 aliphatic carbocycles. The highest BCUT2D eigenvalue weighted by atomic mass is 28.4. The van der Waals surface area contributed by atoms with Gasteiger partial charge in [0.05, 0.1) is 13.0 Å². The van der Waals surface area contributed by atoms with Gasteiger partial charge in [-0.3, -0.25) is 4.79 Å². The minimum absolute atomic E-state index is 0.0981. The van der Waals surface area contributed by atoms with Crippen LogP contribution in [0.2, 0.25) is 18.1 Å². The molecule has 0 bridgehead atoms. The SMILES string of the molecule is C[C@H](Cc1cccc(CC(=O)N2CCc3ccccc3C2)c1)NC[C@H](CC(C)(C)[Si](C)(C)O)c1ccc(O)c(CO)c1. The van der Waals surface area contributed by atoms with E-state index in [2.05, 4.69) is 56.4 Å². The summed E-state index contributed by atoms with van der Waals surface area (Å²) in [6.07, 6.45) is 2.93. The monoisotopic (exact) mass is 588 g/mol. The van der Waals surface area contributed by atoms with E-state index in [9.17, 15) is 19.8 Å². The Balaban J connectivity index is 1.39. The summed E-state index contributed by atoms with van der Waals surface area (Å²) in [7, 11) is -2.44. The zero-order valence-corrected chi connectivity index (χ0v) is 26.9. The van der Waals surface area contributed by atoms with Crippen LogP contribution in [0.5, 0.6) is 5.75 Å². The molecule has 4 N–H and O–H groups in total. The predicted octanol–water partition coefficient (Wildman–Crippen LogP) is 5.68. The molecule has 0 saturated carbocycles. The van der Waals surface area contributed by atoms with Crippen LogP contribution in [0.1, 0.15) is 66.5 Å². The molecule has 3 aromatic rings. The Morgan fingerprint density at radius 3 is 2.45 bits per heavy atom. The fourth-order valence-corrected chi connectivity index (χ4v) is 6.54. The third-order valence-electron chi connectivity index (χ3n) is 9.24. The summed E-state index contributed by atoms with van der Waals surface area (Å²) >= 11 is 0. The van der Waals surface area contributed by atoms with Gasteiger partial charge in [0.2, 0.25) is 5.91 Å². The highest BCUT2D eigenvalue weighted by molar-refractivity contribution is 6.72. The van der Waals surface area contributed by atoms with Crippen LogP contribution in [0, 0.1) is 0 Å². The molecule has 0 spiro atoms. The van der Waals surface area contributed by atoms with Gasteiger partial charge in [-0.2, -0.15) is 0 Å². The third-order valence-corrected chi connectivity index (χ3v) is 12.8. The molecule has 4 rings (SSSR count). The van der Waals surface area contributed by atoms with Crippen LogP contribution >= 0.6 is 0 Å². The number of carbonyl (C=O) groups excluding carboxylic acids is 1. The molecule has 1 aliphatic rings. The number of aliphatic hydroxyl groups is 1. The van der Waals surface area contributed by atoms with Crippen molar-refractivity contribution in [3.05, 3.63) is 100 Å². The van der Waals surface area contributed by atoms with Gasteiger partial charge in [0.25, 0.3) is 0 Å². The molecule has 0 saturated heterocycles. The molecule has 226 valence electrons. The molecule has 3 aromatic carbocycles. The first kappa shape index (κ1) is 32.0. The van der Waals surface area contributed by atoms with Crippen LogP contribution in [0.15, 0.2) is 66.7 Å². The van der Waals surface area contributed by atoms with Crippen LogP contribution in [0.25, 0.3) is 0 Å². The number of hydrogen-bond acceptors (Lipinski definition) is 5. The fourth-order valence-electron chi connectivity index (χ4n) is 5.79. The largest absolute Gasteiger partial charge is 0.508 e. The van der Waals surface area contributed by atoms with Crippen molar-refractivity contribution in [1.82, 2.24) is 10.2 Å². The molecule has 6 nitrogen and oxygen atoms in total. The third kappa shape index (κ3) is 8.10. The van der Waals surface area contributed by atoms with E-state index in [1.807, 2.05) is 48.3 Å². The van der Waals surface area contributed by atoms with Crippen molar-refractivity contribution >= 4 is 14.2 Å². The normalized spacial score (nSPS) is 15.3. The standard InChI is InChI=1S/C35H48N2O4Si/c1-25(36-22-32(21-35(2,3)42(4,5)41)29-13-14-33(39)31(20-29)24-38)17-26-9-8-10-27(18-26)19-34(40)37-16-15-28-11-6-7-12-30(28)23-37/h6-14,18,20,25,32,36,38-39,41H,15-17,19,21-24H2,1-5H3/t25-,32+/m1/s1. The number of fused-ring (bicyclic) bond motifs is 1. The Morgan fingerprint density at radius 2 is 1.74 bits per heavy atom. The van der Waals surface area contributed by atoms with Crippen LogP contribution < -0.4 is 5.32 Å². The fraction of sp³-hybridized carbons (Fsp3) is 0.457. The van der Waals surface area contributed by atoms with Gasteiger partial charge in [0, 0.05) is 31.2 Å². The lowest BCUT2D eigenvalue weighted by atomic mass is 9.88. The summed E-state index contributed by atoms with van der Waals surface area (Å²) in [6, 6.07) is 22.4. The summed E-state index contributed by atoms with van der Waals surface area (Å²) in [5, 5.41) is 23.3.